The molecule has 0 aromatic heterocycles. The molecule has 0 N–H and O–H groups in total. The van der Waals surface area contributed by atoms with E-state index in [1.807, 2.05) is 36.4 Å². The molecule has 0 heterocycles. The van der Waals surface area contributed by atoms with Gasteiger partial charge < -0.3 is 9.47 Å². The van der Waals surface area contributed by atoms with Crippen LogP contribution in [0.15, 0.2) is 60.2 Å². The van der Waals surface area contributed by atoms with Crippen LogP contribution in [0.4, 0.5) is 0 Å². The van der Waals surface area contributed by atoms with E-state index in [-0.39, 0.29) is 5.57 Å². The molecule has 2 aromatic carbocycles. The van der Waals surface area contributed by atoms with Crippen molar-refractivity contribution in [3.05, 3.63) is 71.3 Å². The lowest BCUT2D eigenvalue weighted by molar-refractivity contribution is -0.143. The Hall–Kier alpha value is -3.06. The number of methoxy groups -OCH3 is 1. The summed E-state index contributed by atoms with van der Waals surface area (Å²) in [5.41, 5.74) is 1.56. The van der Waals surface area contributed by atoms with E-state index in [9.17, 15) is 10.1 Å². The molecule has 0 saturated heterocycles. The molecule has 0 spiro atoms. The van der Waals surface area contributed by atoms with E-state index < -0.39 is 12.1 Å². The van der Waals surface area contributed by atoms with Crippen molar-refractivity contribution < 1.29 is 14.3 Å². The van der Waals surface area contributed by atoms with Crippen molar-refractivity contribution in [3.8, 4) is 11.8 Å². The maximum absolute atomic E-state index is 12.1. The summed E-state index contributed by atoms with van der Waals surface area (Å²) >= 11 is 0. The van der Waals surface area contributed by atoms with Crippen molar-refractivity contribution >= 4 is 12.0 Å². The first-order valence-electron chi connectivity index (χ1n) is 7.16. The van der Waals surface area contributed by atoms with E-state index in [1.165, 1.54) is 6.08 Å². The standard InChI is InChI=1S/C19H17NO3/c1-14(16-6-4-3-5-7-16)23-19(21)17(13-20)12-15-8-10-18(22-2)11-9-15/h3-12,14H,1-2H3/b17-12+/t14-/m1/s1. The van der Waals surface area contributed by atoms with Crippen molar-refractivity contribution in [2.24, 2.45) is 0 Å². The summed E-state index contributed by atoms with van der Waals surface area (Å²) < 4.78 is 10.4. The van der Waals surface area contributed by atoms with Crippen LogP contribution in [-0.2, 0) is 9.53 Å². The summed E-state index contributed by atoms with van der Waals surface area (Å²) in [6.07, 6.45) is 1.08. The molecule has 116 valence electrons. The van der Waals surface area contributed by atoms with Crippen LogP contribution in [0.1, 0.15) is 24.2 Å². The predicted molar refractivity (Wildman–Crippen MR) is 87.5 cm³/mol. The summed E-state index contributed by atoms with van der Waals surface area (Å²) in [6.45, 7) is 1.77. The Labute approximate surface area is 135 Å². The van der Waals surface area contributed by atoms with Gasteiger partial charge in [-0.25, -0.2) is 4.79 Å². The lowest BCUT2D eigenvalue weighted by Crippen LogP contribution is -2.10. The van der Waals surface area contributed by atoms with Gasteiger partial charge in [-0.05, 0) is 36.3 Å². The molecule has 0 radical (unpaired) electrons. The number of benzene rings is 2. The Morgan fingerprint density at radius 2 is 1.78 bits per heavy atom. The molecule has 4 nitrogen and oxygen atoms in total. The van der Waals surface area contributed by atoms with Gasteiger partial charge in [0.15, 0.2) is 0 Å². The first-order valence-corrected chi connectivity index (χ1v) is 7.16. The van der Waals surface area contributed by atoms with Crippen LogP contribution < -0.4 is 4.74 Å². The molecular weight excluding hydrogens is 290 g/mol. The highest BCUT2D eigenvalue weighted by Crippen LogP contribution is 2.19. The number of carbonyl (C=O) groups is 1. The second kappa shape index (κ2) is 7.81. The maximum atomic E-state index is 12.1. The van der Waals surface area contributed by atoms with Crippen LogP contribution in [0.5, 0.6) is 5.75 Å². The average molecular weight is 307 g/mol. The van der Waals surface area contributed by atoms with Crippen molar-refractivity contribution in [2.45, 2.75) is 13.0 Å². The van der Waals surface area contributed by atoms with Crippen LogP contribution >= 0.6 is 0 Å². The van der Waals surface area contributed by atoms with E-state index in [2.05, 4.69) is 0 Å². The second-order valence-corrected chi connectivity index (χ2v) is 4.90. The zero-order chi connectivity index (χ0) is 16.7. The zero-order valence-electron chi connectivity index (χ0n) is 13.0. The quantitative estimate of drug-likeness (QED) is 0.477. The summed E-state index contributed by atoms with van der Waals surface area (Å²) in [5, 5.41) is 9.20. The molecule has 0 amide bonds. The van der Waals surface area contributed by atoms with E-state index in [0.29, 0.717) is 5.75 Å². The Balaban J connectivity index is 2.11. The van der Waals surface area contributed by atoms with Gasteiger partial charge in [0.05, 0.1) is 7.11 Å². The lowest BCUT2D eigenvalue weighted by Gasteiger charge is -2.13. The Bertz CT molecular complexity index is 727. The zero-order valence-corrected chi connectivity index (χ0v) is 13.0. The fourth-order valence-corrected chi connectivity index (χ4v) is 2.02. The highest BCUT2D eigenvalue weighted by Gasteiger charge is 2.16. The number of rotatable bonds is 5. The Morgan fingerprint density at radius 3 is 2.35 bits per heavy atom. The molecule has 1 atom stereocenters. The van der Waals surface area contributed by atoms with E-state index in [4.69, 9.17) is 9.47 Å². The highest BCUT2D eigenvalue weighted by molar-refractivity contribution is 5.98. The molecule has 0 saturated carbocycles. The minimum Gasteiger partial charge on any atom is -0.497 e. The molecule has 0 aliphatic heterocycles. The SMILES string of the molecule is COc1ccc(/C=C(\C#N)C(=O)O[C@H](C)c2ccccc2)cc1. The highest BCUT2D eigenvalue weighted by atomic mass is 16.5. The van der Waals surface area contributed by atoms with Gasteiger partial charge in [0, 0.05) is 0 Å². The lowest BCUT2D eigenvalue weighted by atomic mass is 10.1. The van der Waals surface area contributed by atoms with Gasteiger partial charge in [0.25, 0.3) is 0 Å². The third-order valence-electron chi connectivity index (χ3n) is 3.32. The van der Waals surface area contributed by atoms with Crippen LogP contribution in [0.2, 0.25) is 0 Å². The van der Waals surface area contributed by atoms with Crippen molar-refractivity contribution in [3.63, 3.8) is 0 Å². The van der Waals surface area contributed by atoms with Crippen molar-refractivity contribution in [1.82, 2.24) is 0 Å². The first kappa shape index (κ1) is 16.3. The topological polar surface area (TPSA) is 59.3 Å². The third-order valence-corrected chi connectivity index (χ3v) is 3.32. The predicted octanol–water partition coefficient (Wildman–Crippen LogP) is 3.91. The summed E-state index contributed by atoms with van der Waals surface area (Å²) in [5.74, 6) is 0.0700. The minimum absolute atomic E-state index is 0.0436. The van der Waals surface area contributed by atoms with Gasteiger partial charge >= 0.3 is 5.97 Å². The summed E-state index contributed by atoms with van der Waals surface area (Å²) in [7, 11) is 1.58. The number of ether oxygens (including phenoxy) is 2. The normalized spacial score (nSPS) is 12.1. The van der Waals surface area contributed by atoms with Crippen LogP contribution in [0.3, 0.4) is 0 Å². The fourth-order valence-electron chi connectivity index (χ4n) is 2.02. The first-order chi connectivity index (χ1) is 11.1. The smallest absolute Gasteiger partial charge is 0.349 e. The molecule has 2 rings (SSSR count). The number of hydrogen-bond donors (Lipinski definition) is 0. The van der Waals surface area contributed by atoms with Gasteiger partial charge in [-0.15, -0.1) is 0 Å². The molecular formula is C19H17NO3. The van der Waals surface area contributed by atoms with E-state index >= 15 is 0 Å². The van der Waals surface area contributed by atoms with Gasteiger partial charge in [-0.1, -0.05) is 42.5 Å². The van der Waals surface area contributed by atoms with E-state index in [1.54, 1.807) is 38.3 Å². The Kier molecular flexibility index (Phi) is 5.54. The molecule has 0 aliphatic carbocycles. The van der Waals surface area contributed by atoms with E-state index in [0.717, 1.165) is 11.1 Å². The largest absolute Gasteiger partial charge is 0.497 e. The molecule has 0 bridgehead atoms. The monoisotopic (exact) mass is 307 g/mol. The molecule has 0 aliphatic rings. The number of nitriles is 1. The fraction of sp³-hybridized carbons (Fsp3) is 0.158. The van der Waals surface area contributed by atoms with Gasteiger partial charge in [-0.3, -0.25) is 0 Å². The third kappa shape index (κ3) is 4.45. The summed E-state index contributed by atoms with van der Waals surface area (Å²) in [6, 6.07) is 18.3. The minimum atomic E-state index is -0.639. The van der Waals surface area contributed by atoms with Gasteiger partial charge in [0.1, 0.15) is 23.5 Å². The van der Waals surface area contributed by atoms with Crippen LogP contribution in [-0.4, -0.2) is 13.1 Å². The van der Waals surface area contributed by atoms with Crippen molar-refractivity contribution in [1.29, 1.82) is 5.26 Å². The number of nitrogens with zero attached hydrogens (tertiary/aromatic N) is 1. The average Bonchev–Trinajstić information content (AvgIpc) is 2.60. The van der Waals surface area contributed by atoms with Crippen LogP contribution in [0, 0.1) is 11.3 Å². The number of esters is 1. The van der Waals surface area contributed by atoms with Crippen molar-refractivity contribution in [2.75, 3.05) is 7.11 Å². The van der Waals surface area contributed by atoms with Crippen LogP contribution in [0.25, 0.3) is 6.08 Å². The molecule has 0 unspecified atom stereocenters. The second-order valence-electron chi connectivity index (χ2n) is 4.90. The molecule has 23 heavy (non-hydrogen) atoms. The molecule has 2 aromatic rings. The van der Waals surface area contributed by atoms with Gasteiger partial charge in [-0.2, -0.15) is 5.26 Å². The summed E-state index contributed by atoms with van der Waals surface area (Å²) in [4.78, 5) is 12.1. The molecule has 0 fully saturated rings. The molecule has 4 heteroatoms. The number of hydrogen-bond acceptors (Lipinski definition) is 4. The van der Waals surface area contributed by atoms with Gasteiger partial charge in [0.2, 0.25) is 0 Å². The maximum Gasteiger partial charge on any atom is 0.349 e. The Morgan fingerprint density at radius 1 is 1.13 bits per heavy atom. The number of carbonyl (C=O) groups excluding carboxylic acids is 1.